The predicted octanol–water partition coefficient (Wildman–Crippen LogP) is 3.12. The zero-order chi connectivity index (χ0) is 25.4. The van der Waals surface area contributed by atoms with Crippen LogP contribution in [-0.4, -0.2) is 53.6 Å². The number of rotatable bonds is 12. The van der Waals surface area contributed by atoms with Crippen molar-refractivity contribution in [3.05, 3.63) is 61.9 Å². The molecule has 9 nitrogen and oxygen atoms in total. The number of benzene rings is 1. The number of carbonyl (C=O) groups is 2. The summed E-state index contributed by atoms with van der Waals surface area (Å²) in [7, 11) is 0. The first-order valence-corrected chi connectivity index (χ1v) is 12.8. The van der Waals surface area contributed by atoms with Gasteiger partial charge in [-0.25, -0.2) is 14.2 Å². The van der Waals surface area contributed by atoms with E-state index in [1.807, 2.05) is 0 Å². The number of aliphatic imine (C=N–C) groups is 1. The van der Waals surface area contributed by atoms with Crippen molar-refractivity contribution in [1.82, 2.24) is 15.6 Å². The molecule has 1 aliphatic rings. The van der Waals surface area contributed by atoms with Crippen molar-refractivity contribution in [2.24, 2.45) is 10.7 Å². The fourth-order valence-corrected chi connectivity index (χ4v) is 4.77. The number of carbonyl (C=O) groups excluding carboxylic acids is 1. The molecule has 12 heteroatoms. The maximum Gasteiger partial charge on any atom is 0.338 e. The van der Waals surface area contributed by atoms with Gasteiger partial charge in [0.15, 0.2) is 10.8 Å². The number of thiazole rings is 1. The van der Waals surface area contributed by atoms with Gasteiger partial charge in [0, 0.05) is 28.3 Å². The Morgan fingerprint density at radius 1 is 1.40 bits per heavy atom. The normalized spacial score (nSPS) is 16.5. The molecule has 5 N–H and O–H groups in total. The number of ether oxygens (including phenoxy) is 1. The molecule has 35 heavy (non-hydrogen) atoms. The number of carboxylic acids is 1. The number of nitrogens with two attached hydrogens (primary N) is 1. The summed E-state index contributed by atoms with van der Waals surface area (Å²) in [6.45, 7) is 2.35. The number of carboxylic acid groups (broad SMARTS) is 1. The second kappa shape index (κ2) is 12.9. The molecule has 1 aromatic heterocycles. The highest BCUT2D eigenvalue weighted by atomic mass is 79.9. The fourth-order valence-electron chi connectivity index (χ4n) is 3.61. The van der Waals surface area contributed by atoms with E-state index in [4.69, 9.17) is 15.5 Å². The van der Waals surface area contributed by atoms with E-state index in [-0.39, 0.29) is 18.7 Å². The second-order valence-corrected chi connectivity index (χ2v) is 9.43. The van der Waals surface area contributed by atoms with E-state index in [2.05, 4.69) is 31.5 Å². The Morgan fingerprint density at radius 3 is 2.83 bits per heavy atom. The zero-order valence-corrected chi connectivity index (χ0v) is 21.5. The number of nitrogens with one attached hydrogen (secondary N) is 2. The van der Waals surface area contributed by atoms with E-state index in [9.17, 15) is 19.1 Å². The molecule has 188 valence electrons. The summed E-state index contributed by atoms with van der Waals surface area (Å²) in [5.41, 5.74) is 6.71. The van der Waals surface area contributed by atoms with Gasteiger partial charge in [-0.1, -0.05) is 28.4 Å². The molecule has 1 unspecified atom stereocenters. The quantitative estimate of drug-likeness (QED) is 0.226. The molecular weight excluding hydrogens is 541 g/mol. The van der Waals surface area contributed by atoms with E-state index in [0.717, 1.165) is 0 Å². The van der Waals surface area contributed by atoms with Crippen LogP contribution in [0.5, 0.6) is 0 Å². The van der Waals surface area contributed by atoms with Crippen LogP contribution >= 0.6 is 27.3 Å². The lowest BCUT2D eigenvalue weighted by Crippen LogP contribution is -2.43. The van der Waals surface area contributed by atoms with Gasteiger partial charge in [-0.2, -0.15) is 0 Å². The van der Waals surface area contributed by atoms with Crippen LogP contribution in [0.1, 0.15) is 42.8 Å². The number of hydrogen-bond donors (Lipinski definition) is 4. The summed E-state index contributed by atoms with van der Waals surface area (Å²) in [4.78, 5) is 33.9. The highest BCUT2D eigenvalue weighted by Crippen LogP contribution is 2.36. The third kappa shape index (κ3) is 6.94. The third-order valence-corrected chi connectivity index (χ3v) is 6.75. The molecule has 0 fully saturated rings. The monoisotopic (exact) mass is 567 g/mol. The number of hydrogen-bond acceptors (Lipinski definition) is 9. The number of unbranched alkanes of at least 4 members (excludes halogenated alkanes) is 1. The van der Waals surface area contributed by atoms with Gasteiger partial charge in [-0.3, -0.25) is 15.1 Å². The van der Waals surface area contributed by atoms with Crippen LogP contribution in [0.3, 0.4) is 0 Å². The first kappa shape index (κ1) is 26.9. The van der Waals surface area contributed by atoms with E-state index >= 15 is 0 Å². The summed E-state index contributed by atoms with van der Waals surface area (Å²) < 4.78 is 19.6. The Bertz CT molecular complexity index is 1110. The van der Waals surface area contributed by atoms with Gasteiger partial charge in [0.25, 0.3) is 0 Å². The molecule has 1 aromatic carbocycles. The lowest BCUT2D eigenvalue weighted by molar-refractivity contribution is -0.140. The summed E-state index contributed by atoms with van der Waals surface area (Å²) in [5, 5.41) is 18.2. The number of aliphatic carboxylic acids is 1. The zero-order valence-electron chi connectivity index (χ0n) is 19.1. The molecule has 3 rings (SSSR count). The van der Waals surface area contributed by atoms with Crippen molar-refractivity contribution in [3.63, 3.8) is 0 Å². The molecule has 0 spiro atoms. The van der Waals surface area contributed by atoms with Crippen molar-refractivity contribution in [2.75, 3.05) is 19.7 Å². The van der Waals surface area contributed by atoms with Crippen LogP contribution in [-0.2, 0) is 14.3 Å². The van der Waals surface area contributed by atoms with Gasteiger partial charge in [0.05, 0.1) is 12.2 Å². The average molecular weight is 568 g/mol. The van der Waals surface area contributed by atoms with Gasteiger partial charge in [-0.15, -0.1) is 11.3 Å². The third-order valence-electron chi connectivity index (χ3n) is 5.28. The minimum absolute atomic E-state index is 0.0352. The van der Waals surface area contributed by atoms with Gasteiger partial charge in [0.1, 0.15) is 17.9 Å². The SMILES string of the molecule is CCOC(=O)C1=C(CN[C@H](CCCCN)C(=O)O)NC(c2nccs2)=NC1c1ccc(F)cc1Br. The van der Waals surface area contributed by atoms with Crippen molar-refractivity contribution < 1.29 is 23.8 Å². The smallest absolute Gasteiger partial charge is 0.338 e. The maximum absolute atomic E-state index is 13.8. The first-order valence-electron chi connectivity index (χ1n) is 11.1. The number of aromatic nitrogens is 1. The van der Waals surface area contributed by atoms with Crippen molar-refractivity contribution in [2.45, 2.75) is 38.3 Å². The number of esters is 1. The lowest BCUT2D eigenvalue weighted by atomic mass is 9.95. The average Bonchev–Trinajstić information content (AvgIpc) is 3.36. The van der Waals surface area contributed by atoms with Crippen LogP contribution < -0.4 is 16.4 Å². The Kier molecular flexibility index (Phi) is 9.90. The Morgan fingerprint density at radius 2 is 2.20 bits per heavy atom. The van der Waals surface area contributed by atoms with E-state index < -0.39 is 29.8 Å². The molecule has 0 amide bonds. The molecule has 2 aromatic rings. The summed E-state index contributed by atoms with van der Waals surface area (Å²) in [5.74, 6) is -1.62. The predicted molar refractivity (Wildman–Crippen MR) is 135 cm³/mol. The topological polar surface area (TPSA) is 139 Å². The highest BCUT2D eigenvalue weighted by Gasteiger charge is 2.34. The number of nitrogens with zero attached hydrogens (tertiary/aromatic N) is 2. The Labute approximate surface area is 214 Å². The molecule has 0 saturated heterocycles. The van der Waals surface area contributed by atoms with Crippen molar-refractivity contribution in [1.29, 1.82) is 0 Å². The van der Waals surface area contributed by atoms with Crippen LogP contribution in [0.15, 0.2) is 50.5 Å². The molecule has 1 aliphatic heterocycles. The molecule has 0 radical (unpaired) electrons. The van der Waals surface area contributed by atoms with Gasteiger partial charge >= 0.3 is 11.9 Å². The van der Waals surface area contributed by atoms with E-state index in [0.29, 0.717) is 52.4 Å². The first-order chi connectivity index (χ1) is 16.8. The van der Waals surface area contributed by atoms with Crippen LogP contribution in [0.4, 0.5) is 4.39 Å². The number of amidine groups is 1. The second-order valence-electron chi connectivity index (χ2n) is 7.68. The minimum atomic E-state index is -0.997. The molecule has 2 atom stereocenters. The Balaban J connectivity index is 2.04. The standard InChI is InChI=1S/C23H27BrFN5O4S/c1-2-34-23(33)18-17(12-28-16(22(31)32)5-3-4-8-26)29-20(21-27-9-10-35-21)30-19(18)14-7-6-13(25)11-15(14)24/h6-7,9-11,16,19,28H,2-5,8,12,26H2,1H3,(H,29,30)(H,31,32)/t16-,19?/m1/s1. The summed E-state index contributed by atoms with van der Waals surface area (Å²) in [6, 6.07) is 2.47. The fraction of sp³-hybridized carbons (Fsp3) is 0.391. The molecule has 0 aliphatic carbocycles. The molecule has 0 saturated carbocycles. The largest absolute Gasteiger partial charge is 0.480 e. The van der Waals surface area contributed by atoms with E-state index in [1.165, 1.54) is 23.5 Å². The minimum Gasteiger partial charge on any atom is -0.480 e. The van der Waals surface area contributed by atoms with Crippen molar-refractivity contribution >= 4 is 45.0 Å². The van der Waals surface area contributed by atoms with E-state index in [1.54, 1.807) is 24.6 Å². The van der Waals surface area contributed by atoms with Crippen LogP contribution in [0, 0.1) is 5.82 Å². The summed E-state index contributed by atoms with van der Waals surface area (Å²) >= 11 is 4.74. The van der Waals surface area contributed by atoms with Gasteiger partial charge < -0.3 is 20.9 Å². The summed E-state index contributed by atoms with van der Waals surface area (Å²) in [6.07, 6.45) is 3.37. The van der Waals surface area contributed by atoms with Crippen LogP contribution in [0.2, 0.25) is 0 Å². The van der Waals surface area contributed by atoms with Gasteiger partial charge in [-0.05, 0) is 44.0 Å². The maximum atomic E-state index is 13.8. The molecular formula is C23H27BrFN5O4S. The lowest BCUT2D eigenvalue weighted by Gasteiger charge is -2.28. The Hall–Kier alpha value is -2.67. The molecule has 0 bridgehead atoms. The molecule has 2 heterocycles. The van der Waals surface area contributed by atoms with Crippen molar-refractivity contribution in [3.8, 4) is 0 Å². The number of halogens is 2. The highest BCUT2D eigenvalue weighted by molar-refractivity contribution is 9.10. The van der Waals surface area contributed by atoms with Crippen LogP contribution in [0.25, 0.3) is 0 Å². The van der Waals surface area contributed by atoms with Gasteiger partial charge in [0.2, 0.25) is 0 Å².